The summed E-state index contributed by atoms with van der Waals surface area (Å²) in [4.78, 5) is 2.29. The lowest BCUT2D eigenvalue weighted by atomic mass is 10.2. The summed E-state index contributed by atoms with van der Waals surface area (Å²) in [5.74, 6) is 1.96. The molecule has 1 aromatic rings. The fourth-order valence-electron chi connectivity index (χ4n) is 2.08. The van der Waals surface area contributed by atoms with Crippen LogP contribution in [0.4, 0.5) is 0 Å². The van der Waals surface area contributed by atoms with Crippen molar-refractivity contribution in [2.45, 2.75) is 32.4 Å². The van der Waals surface area contributed by atoms with Gasteiger partial charge in [0.1, 0.15) is 11.5 Å². The van der Waals surface area contributed by atoms with Crippen LogP contribution in [0.15, 0.2) is 16.5 Å². The highest BCUT2D eigenvalue weighted by Crippen LogP contribution is 2.20. The van der Waals surface area contributed by atoms with Crippen molar-refractivity contribution < 1.29 is 9.52 Å². The van der Waals surface area contributed by atoms with Crippen LogP contribution in [-0.4, -0.2) is 29.2 Å². The van der Waals surface area contributed by atoms with Crippen LogP contribution in [0.1, 0.15) is 24.4 Å². The number of rotatable bonds is 3. The number of aliphatic hydroxyl groups is 1. The monoisotopic (exact) mass is 195 g/mol. The van der Waals surface area contributed by atoms with Crippen molar-refractivity contribution in [1.29, 1.82) is 0 Å². The van der Waals surface area contributed by atoms with E-state index in [1.807, 2.05) is 19.1 Å². The molecular formula is C11H17NO2. The lowest BCUT2D eigenvalue weighted by molar-refractivity contribution is 0.146. The maximum Gasteiger partial charge on any atom is 0.118 e. The molecule has 2 heterocycles. The Hall–Kier alpha value is -0.800. The van der Waals surface area contributed by atoms with Crippen molar-refractivity contribution in [3.05, 3.63) is 23.7 Å². The third-order valence-electron chi connectivity index (χ3n) is 2.86. The summed E-state index contributed by atoms with van der Waals surface area (Å²) < 4.78 is 5.51. The molecule has 1 saturated heterocycles. The number of hydrogen-bond acceptors (Lipinski definition) is 3. The van der Waals surface area contributed by atoms with Gasteiger partial charge in [0.25, 0.3) is 0 Å². The van der Waals surface area contributed by atoms with Crippen LogP contribution >= 0.6 is 0 Å². The second-order valence-electron chi connectivity index (χ2n) is 3.96. The average Bonchev–Trinajstić information content (AvgIpc) is 2.76. The minimum atomic E-state index is 0.264. The van der Waals surface area contributed by atoms with Gasteiger partial charge in [-0.2, -0.15) is 0 Å². The maximum absolute atomic E-state index is 9.15. The molecule has 78 valence electrons. The van der Waals surface area contributed by atoms with E-state index in [4.69, 9.17) is 9.52 Å². The first-order valence-electron chi connectivity index (χ1n) is 5.20. The van der Waals surface area contributed by atoms with Gasteiger partial charge in [0, 0.05) is 6.04 Å². The van der Waals surface area contributed by atoms with Crippen LogP contribution in [0.5, 0.6) is 0 Å². The molecule has 3 nitrogen and oxygen atoms in total. The quantitative estimate of drug-likeness (QED) is 0.795. The van der Waals surface area contributed by atoms with Crippen molar-refractivity contribution in [1.82, 2.24) is 4.90 Å². The molecule has 14 heavy (non-hydrogen) atoms. The number of furan rings is 1. The van der Waals surface area contributed by atoms with E-state index in [1.165, 1.54) is 6.42 Å². The predicted octanol–water partition coefficient (Wildman–Crippen LogP) is 1.54. The van der Waals surface area contributed by atoms with Crippen LogP contribution in [0.3, 0.4) is 0 Å². The van der Waals surface area contributed by atoms with Crippen LogP contribution < -0.4 is 0 Å². The molecule has 0 unspecified atom stereocenters. The van der Waals surface area contributed by atoms with E-state index in [0.29, 0.717) is 6.04 Å². The molecule has 1 aliphatic heterocycles. The molecule has 0 spiro atoms. The highest BCUT2D eigenvalue weighted by atomic mass is 16.3. The topological polar surface area (TPSA) is 36.6 Å². The van der Waals surface area contributed by atoms with Crippen molar-refractivity contribution in [3.63, 3.8) is 0 Å². The van der Waals surface area contributed by atoms with Crippen LogP contribution in [0.2, 0.25) is 0 Å². The van der Waals surface area contributed by atoms with Gasteiger partial charge in [-0.25, -0.2) is 0 Å². The van der Waals surface area contributed by atoms with Crippen LogP contribution in [-0.2, 0) is 6.54 Å². The van der Waals surface area contributed by atoms with Gasteiger partial charge in [0.05, 0.1) is 13.2 Å². The minimum absolute atomic E-state index is 0.264. The zero-order valence-electron chi connectivity index (χ0n) is 8.57. The summed E-state index contributed by atoms with van der Waals surface area (Å²) >= 11 is 0. The first-order chi connectivity index (χ1) is 6.79. The van der Waals surface area contributed by atoms with Crippen LogP contribution in [0.25, 0.3) is 0 Å². The van der Waals surface area contributed by atoms with Crippen molar-refractivity contribution in [2.75, 3.05) is 13.2 Å². The molecule has 2 rings (SSSR count). The third kappa shape index (κ3) is 1.99. The van der Waals surface area contributed by atoms with Gasteiger partial charge >= 0.3 is 0 Å². The van der Waals surface area contributed by atoms with E-state index in [0.717, 1.165) is 31.0 Å². The Bertz CT molecular complexity index is 295. The van der Waals surface area contributed by atoms with Crippen molar-refractivity contribution >= 4 is 0 Å². The maximum atomic E-state index is 9.15. The summed E-state index contributed by atoms with van der Waals surface area (Å²) in [5, 5.41) is 9.15. The molecule has 0 bridgehead atoms. The molecule has 1 aliphatic rings. The lowest BCUT2D eigenvalue weighted by Gasteiger charge is -2.21. The molecule has 1 fully saturated rings. The molecule has 1 N–H and O–H groups in total. The fourth-order valence-corrected chi connectivity index (χ4v) is 2.08. The number of nitrogens with zero attached hydrogens (tertiary/aromatic N) is 1. The molecule has 0 aromatic carbocycles. The summed E-state index contributed by atoms with van der Waals surface area (Å²) in [7, 11) is 0. The van der Waals surface area contributed by atoms with Gasteiger partial charge < -0.3 is 9.52 Å². The van der Waals surface area contributed by atoms with Gasteiger partial charge in [-0.15, -0.1) is 0 Å². The standard InChI is InChI=1S/C11H17NO2/c1-9-4-5-11(14-9)7-12-6-2-3-10(12)8-13/h4-5,10,13H,2-3,6-8H2,1H3/t10-/m0/s1. The van der Waals surface area contributed by atoms with E-state index in [2.05, 4.69) is 4.90 Å². The smallest absolute Gasteiger partial charge is 0.118 e. The largest absolute Gasteiger partial charge is 0.465 e. The van der Waals surface area contributed by atoms with Gasteiger partial charge in [-0.05, 0) is 38.4 Å². The Balaban J connectivity index is 1.96. The highest BCUT2D eigenvalue weighted by Gasteiger charge is 2.24. The number of likely N-dealkylation sites (tertiary alicyclic amines) is 1. The minimum Gasteiger partial charge on any atom is -0.465 e. The lowest BCUT2D eigenvalue weighted by Crippen LogP contribution is -2.31. The number of aliphatic hydroxyl groups excluding tert-OH is 1. The second-order valence-corrected chi connectivity index (χ2v) is 3.96. The molecule has 3 heteroatoms. The third-order valence-corrected chi connectivity index (χ3v) is 2.86. The Kier molecular flexibility index (Phi) is 2.89. The van der Waals surface area contributed by atoms with E-state index in [1.54, 1.807) is 0 Å². The first kappa shape index (κ1) is 9.74. The van der Waals surface area contributed by atoms with Crippen molar-refractivity contribution in [2.24, 2.45) is 0 Å². The summed E-state index contributed by atoms with van der Waals surface area (Å²) in [6.07, 6.45) is 2.29. The van der Waals surface area contributed by atoms with E-state index >= 15 is 0 Å². The molecular weight excluding hydrogens is 178 g/mol. The normalized spacial score (nSPS) is 23.1. The SMILES string of the molecule is Cc1ccc(CN2CCC[C@H]2CO)o1. The van der Waals surface area contributed by atoms with Gasteiger partial charge in [-0.1, -0.05) is 0 Å². The molecule has 1 atom stereocenters. The Morgan fingerprint density at radius 2 is 2.43 bits per heavy atom. The number of hydrogen-bond donors (Lipinski definition) is 1. The number of aryl methyl sites for hydroxylation is 1. The van der Waals surface area contributed by atoms with Crippen LogP contribution in [0, 0.1) is 6.92 Å². The summed E-state index contributed by atoms with van der Waals surface area (Å²) in [6.45, 7) is 4.13. The Morgan fingerprint density at radius 1 is 1.57 bits per heavy atom. The predicted molar refractivity (Wildman–Crippen MR) is 54.0 cm³/mol. The molecule has 0 radical (unpaired) electrons. The Morgan fingerprint density at radius 3 is 3.07 bits per heavy atom. The first-order valence-corrected chi connectivity index (χ1v) is 5.20. The van der Waals surface area contributed by atoms with Gasteiger partial charge in [0.15, 0.2) is 0 Å². The zero-order chi connectivity index (χ0) is 9.97. The average molecular weight is 195 g/mol. The second kappa shape index (κ2) is 4.15. The molecule has 1 aromatic heterocycles. The molecule has 0 aliphatic carbocycles. The Labute approximate surface area is 84.3 Å². The van der Waals surface area contributed by atoms with E-state index in [-0.39, 0.29) is 6.61 Å². The van der Waals surface area contributed by atoms with E-state index < -0.39 is 0 Å². The van der Waals surface area contributed by atoms with Crippen molar-refractivity contribution in [3.8, 4) is 0 Å². The molecule has 0 amide bonds. The zero-order valence-corrected chi connectivity index (χ0v) is 8.57. The summed E-state index contributed by atoms with van der Waals surface area (Å²) in [6, 6.07) is 4.34. The fraction of sp³-hybridized carbons (Fsp3) is 0.636. The highest BCUT2D eigenvalue weighted by molar-refractivity contribution is 5.05. The van der Waals surface area contributed by atoms with Gasteiger partial charge in [0.2, 0.25) is 0 Å². The van der Waals surface area contributed by atoms with Gasteiger partial charge in [-0.3, -0.25) is 4.90 Å². The molecule has 0 saturated carbocycles. The van der Waals surface area contributed by atoms with E-state index in [9.17, 15) is 0 Å². The summed E-state index contributed by atoms with van der Waals surface area (Å²) in [5.41, 5.74) is 0.